The summed E-state index contributed by atoms with van der Waals surface area (Å²) < 4.78 is 32.5. The Balaban J connectivity index is 2.36. The molecule has 1 aliphatic carbocycles. The predicted octanol–water partition coefficient (Wildman–Crippen LogP) is 1.15. The third-order valence-electron chi connectivity index (χ3n) is 3.43. The summed E-state index contributed by atoms with van der Waals surface area (Å²) in [6.45, 7) is 1.44. The fourth-order valence-electron chi connectivity index (χ4n) is 2.48. The number of fused-ring (bicyclic) bond motifs is 1. The Labute approximate surface area is 126 Å². The van der Waals surface area contributed by atoms with Gasteiger partial charge in [0.05, 0.1) is 26.1 Å². The fourth-order valence-corrected chi connectivity index (χ4v) is 2.48. The Morgan fingerprint density at radius 1 is 1.48 bits per heavy atom. The van der Waals surface area contributed by atoms with Gasteiger partial charge < -0.3 is 5.73 Å². The molecule has 0 spiro atoms. The number of ketones is 2. The summed E-state index contributed by atoms with van der Waals surface area (Å²) in [4.78, 5) is 41.0. The highest BCUT2D eigenvalue weighted by molar-refractivity contribution is 6.03. The number of benzene rings is 1. The minimum atomic E-state index is -2.23. The van der Waals surface area contributed by atoms with Crippen LogP contribution in [0.15, 0.2) is 22.9 Å². The molecule has 1 heterocycles. The monoisotopic (exact) mass is 289 g/mol. The molecule has 21 heavy (non-hydrogen) atoms. The van der Waals surface area contributed by atoms with Gasteiger partial charge in [-0.2, -0.15) is 0 Å². The van der Waals surface area contributed by atoms with Gasteiger partial charge in [-0.3, -0.25) is 19.0 Å². The maximum atomic E-state index is 12.9. The topological polar surface area (TPSA) is 95.0 Å². The van der Waals surface area contributed by atoms with Crippen molar-refractivity contribution in [3.05, 3.63) is 34.3 Å². The normalized spacial score (nSPS) is 24.3. The minimum Gasteiger partial charge on any atom is -0.398 e. The number of carbonyl (C=O) groups is 2. The summed E-state index contributed by atoms with van der Waals surface area (Å²) in [7, 11) is 0. The van der Waals surface area contributed by atoms with Crippen LogP contribution in [0.2, 0.25) is 0 Å². The largest absolute Gasteiger partial charge is 0.398 e. The lowest BCUT2D eigenvalue weighted by atomic mass is 9.92. The number of rotatable bonds is 1. The Kier molecular flexibility index (Phi) is 2.16. The van der Waals surface area contributed by atoms with Crippen LogP contribution in [-0.4, -0.2) is 21.1 Å². The number of nitrogen functional groups attached to an aromatic ring is 1. The van der Waals surface area contributed by atoms with E-state index in [1.54, 1.807) is 0 Å². The number of nitrogens with zero attached hydrogens (tertiary/aromatic N) is 2. The van der Waals surface area contributed by atoms with Crippen molar-refractivity contribution >= 4 is 28.2 Å². The molecule has 2 N–H and O–H groups in total. The zero-order valence-electron chi connectivity index (χ0n) is 15.3. The average Bonchev–Trinajstić information content (AvgIpc) is 2.46. The predicted molar refractivity (Wildman–Crippen MR) is 78.1 cm³/mol. The van der Waals surface area contributed by atoms with Gasteiger partial charge in [0.15, 0.2) is 5.78 Å². The quantitative estimate of drug-likeness (QED) is 0.627. The second kappa shape index (κ2) is 4.80. The molecular formula is C15H15N3O3. The first-order chi connectivity index (χ1) is 11.5. The van der Waals surface area contributed by atoms with Crippen molar-refractivity contribution in [2.24, 2.45) is 0 Å². The van der Waals surface area contributed by atoms with E-state index in [-0.39, 0.29) is 34.5 Å². The number of anilines is 1. The van der Waals surface area contributed by atoms with Gasteiger partial charge in [0, 0.05) is 14.8 Å². The third kappa shape index (κ3) is 2.12. The lowest BCUT2D eigenvalue weighted by Crippen LogP contribution is -2.36. The molecule has 1 fully saturated rings. The lowest BCUT2D eigenvalue weighted by molar-refractivity contribution is -0.132. The zero-order chi connectivity index (χ0) is 18.7. The molecule has 1 aromatic carbocycles. The molecule has 0 bridgehead atoms. The highest BCUT2D eigenvalue weighted by Crippen LogP contribution is 2.24. The van der Waals surface area contributed by atoms with E-state index in [1.165, 1.54) is 13.0 Å². The van der Waals surface area contributed by atoms with Crippen LogP contribution in [0.5, 0.6) is 0 Å². The van der Waals surface area contributed by atoms with Crippen LogP contribution in [0.3, 0.4) is 0 Å². The van der Waals surface area contributed by atoms with Gasteiger partial charge in [0.1, 0.15) is 11.6 Å². The zero-order valence-corrected chi connectivity index (χ0v) is 11.3. The van der Waals surface area contributed by atoms with Gasteiger partial charge >= 0.3 is 0 Å². The van der Waals surface area contributed by atoms with Crippen molar-refractivity contribution in [1.82, 2.24) is 9.55 Å². The molecule has 0 amide bonds. The summed E-state index contributed by atoms with van der Waals surface area (Å²) in [6, 6.07) is -0.786. The second-order valence-electron chi connectivity index (χ2n) is 4.89. The Morgan fingerprint density at radius 3 is 2.95 bits per heavy atom. The summed E-state index contributed by atoms with van der Waals surface area (Å²) in [5.41, 5.74) is 4.91. The van der Waals surface area contributed by atoms with Gasteiger partial charge in [-0.25, -0.2) is 4.98 Å². The maximum absolute atomic E-state index is 12.9. The number of hydrogen-bond acceptors (Lipinski definition) is 5. The number of nitrogens with two attached hydrogens (primary N) is 1. The van der Waals surface area contributed by atoms with Gasteiger partial charge in [0.2, 0.25) is 0 Å². The van der Waals surface area contributed by atoms with E-state index >= 15 is 0 Å². The summed E-state index contributed by atoms with van der Waals surface area (Å²) in [5.74, 6) is -1.14. The summed E-state index contributed by atoms with van der Waals surface area (Å²) >= 11 is 0. The molecule has 1 atom stereocenters. The molecule has 108 valence electrons. The van der Waals surface area contributed by atoms with Gasteiger partial charge in [0.25, 0.3) is 5.56 Å². The SMILES string of the molecule is [2H]c1cc2nc(C)n(C3C(=O)CC(=O)CC3([2H])[2H])c(=O)c2c(N)c1[2H]. The lowest BCUT2D eigenvalue weighted by Gasteiger charge is -2.24. The molecule has 1 saturated carbocycles. The molecule has 1 aliphatic rings. The Hall–Kier alpha value is -2.50. The minimum absolute atomic E-state index is 0.0746. The molecule has 0 saturated heterocycles. The number of aryl methyl sites for hydroxylation is 1. The maximum Gasteiger partial charge on any atom is 0.264 e. The molecule has 6 nitrogen and oxygen atoms in total. The van der Waals surface area contributed by atoms with Crippen LogP contribution < -0.4 is 11.3 Å². The number of hydrogen-bond donors (Lipinski definition) is 1. The molecule has 1 unspecified atom stereocenters. The van der Waals surface area contributed by atoms with Crippen molar-refractivity contribution in [3.8, 4) is 0 Å². The fraction of sp³-hybridized carbons (Fsp3) is 0.333. The molecule has 3 rings (SSSR count). The molecule has 0 radical (unpaired) electrons. The van der Waals surface area contributed by atoms with Crippen molar-refractivity contribution in [2.45, 2.75) is 32.2 Å². The standard InChI is InChI=1S/C15H15N3O3/c1-8-17-11-4-2-3-10(16)14(11)15(21)18(8)12-6-5-9(19)7-13(12)20/h2-4,12H,5-7,16H2,1H3/i2D,3D,6D2. The Bertz CT molecular complexity index is 1000. The number of carbonyl (C=O) groups excluding carboxylic acids is 2. The smallest absolute Gasteiger partial charge is 0.264 e. The van der Waals surface area contributed by atoms with Crippen LogP contribution in [0.4, 0.5) is 5.69 Å². The molecular weight excluding hydrogens is 270 g/mol. The van der Waals surface area contributed by atoms with Gasteiger partial charge in [-0.05, 0) is 25.4 Å². The van der Waals surface area contributed by atoms with E-state index in [9.17, 15) is 14.4 Å². The second-order valence-corrected chi connectivity index (χ2v) is 4.89. The van der Waals surface area contributed by atoms with Gasteiger partial charge in [-0.1, -0.05) is 6.04 Å². The highest BCUT2D eigenvalue weighted by atomic mass is 16.2. The number of Topliss-reactive ketones (excluding diaryl/α,β-unsaturated/α-hetero) is 2. The first kappa shape index (κ1) is 9.44. The van der Waals surface area contributed by atoms with E-state index in [1.807, 2.05) is 0 Å². The van der Waals surface area contributed by atoms with Crippen molar-refractivity contribution < 1.29 is 15.1 Å². The van der Waals surface area contributed by atoms with E-state index in [0.29, 0.717) is 0 Å². The first-order valence-electron chi connectivity index (χ1n) is 8.37. The highest BCUT2D eigenvalue weighted by Gasteiger charge is 2.30. The van der Waals surface area contributed by atoms with Crippen molar-refractivity contribution in [3.63, 3.8) is 0 Å². The molecule has 2 aromatic rings. The van der Waals surface area contributed by atoms with E-state index in [2.05, 4.69) is 4.98 Å². The first-order valence-corrected chi connectivity index (χ1v) is 6.37. The number of aromatic nitrogens is 2. The summed E-state index contributed by atoms with van der Waals surface area (Å²) in [5, 5.41) is -0.132. The Morgan fingerprint density at radius 2 is 2.24 bits per heavy atom. The van der Waals surface area contributed by atoms with Crippen molar-refractivity contribution in [2.75, 3.05) is 5.73 Å². The van der Waals surface area contributed by atoms with Crippen LogP contribution in [0, 0.1) is 6.92 Å². The van der Waals surface area contributed by atoms with Crippen LogP contribution >= 0.6 is 0 Å². The molecule has 6 heteroatoms. The van der Waals surface area contributed by atoms with Crippen LogP contribution in [-0.2, 0) is 9.59 Å². The van der Waals surface area contributed by atoms with Crippen LogP contribution in [0.1, 0.15) is 36.6 Å². The average molecular weight is 289 g/mol. The summed E-state index contributed by atoms with van der Waals surface area (Å²) in [6.07, 6.45) is -3.15. The van der Waals surface area contributed by atoms with Crippen LogP contribution in [0.25, 0.3) is 10.9 Å². The van der Waals surface area contributed by atoms with Gasteiger partial charge in [-0.15, -0.1) is 0 Å². The third-order valence-corrected chi connectivity index (χ3v) is 3.43. The van der Waals surface area contributed by atoms with Crippen molar-refractivity contribution in [1.29, 1.82) is 0 Å². The van der Waals surface area contributed by atoms with E-state index < -0.39 is 42.4 Å². The molecule has 0 aliphatic heterocycles. The van der Waals surface area contributed by atoms with E-state index in [0.717, 1.165) is 4.57 Å². The molecule has 1 aromatic heterocycles. The van der Waals surface area contributed by atoms with E-state index in [4.69, 9.17) is 11.2 Å².